The number of anilines is 6. The maximum atomic E-state index is 6.40. The second-order valence-electron chi connectivity index (χ2n) is 13.7. The standard InChI is InChI=1S/C50H32N2O2/c1-3-15-33(16-4-1)49-37-29-27-36(52-43-21-9-13-25-47(43)54-48-26-14-10-22-44(48)52)32-40(37)50(34-17-5-2-6-18-34)38-30-28-35(31-39(38)49)51-41-19-7-11-23-45(41)53-46-24-12-8-20-42(46)51/h1-32H. The van der Waals surface area contributed by atoms with E-state index in [-0.39, 0.29) is 0 Å². The highest BCUT2D eigenvalue weighted by Gasteiger charge is 2.28. The summed E-state index contributed by atoms with van der Waals surface area (Å²) in [7, 11) is 0. The Hall–Kier alpha value is -7.30. The molecule has 0 aliphatic carbocycles. The van der Waals surface area contributed by atoms with Crippen molar-refractivity contribution >= 4 is 55.7 Å². The third-order valence-electron chi connectivity index (χ3n) is 10.6. The average Bonchev–Trinajstić information content (AvgIpc) is 3.24. The number of benzene rings is 9. The summed E-state index contributed by atoms with van der Waals surface area (Å²) in [4.78, 5) is 4.65. The molecule has 4 heteroatoms. The molecule has 9 aromatic rings. The van der Waals surface area contributed by atoms with E-state index in [9.17, 15) is 0 Å². The topological polar surface area (TPSA) is 24.9 Å². The Morgan fingerprint density at radius 2 is 0.593 bits per heavy atom. The van der Waals surface area contributed by atoms with E-state index in [1.54, 1.807) is 0 Å². The molecule has 9 aromatic carbocycles. The molecule has 0 fully saturated rings. The number of hydrogen-bond donors (Lipinski definition) is 0. The van der Waals surface area contributed by atoms with E-state index in [1.165, 1.54) is 43.8 Å². The van der Waals surface area contributed by atoms with Crippen LogP contribution in [-0.2, 0) is 0 Å². The third kappa shape index (κ3) is 4.70. The molecule has 0 unspecified atom stereocenters. The van der Waals surface area contributed by atoms with Crippen molar-refractivity contribution in [1.82, 2.24) is 0 Å². The molecular weight excluding hydrogens is 661 g/mol. The lowest BCUT2D eigenvalue weighted by Crippen LogP contribution is -2.15. The zero-order valence-corrected chi connectivity index (χ0v) is 29.2. The lowest BCUT2D eigenvalue weighted by molar-refractivity contribution is 0.477. The minimum absolute atomic E-state index is 0.835. The maximum Gasteiger partial charge on any atom is 0.151 e. The van der Waals surface area contributed by atoms with Gasteiger partial charge in [0.05, 0.1) is 22.7 Å². The van der Waals surface area contributed by atoms with Crippen LogP contribution in [0.15, 0.2) is 194 Å². The molecule has 0 bridgehead atoms. The van der Waals surface area contributed by atoms with Crippen molar-refractivity contribution in [2.24, 2.45) is 0 Å². The molecule has 0 aromatic heterocycles. The summed E-state index contributed by atoms with van der Waals surface area (Å²) in [5.41, 5.74) is 10.9. The van der Waals surface area contributed by atoms with Gasteiger partial charge in [-0.15, -0.1) is 0 Å². The molecule has 2 heterocycles. The smallest absolute Gasteiger partial charge is 0.151 e. The van der Waals surface area contributed by atoms with Gasteiger partial charge in [0, 0.05) is 11.4 Å². The molecule has 0 N–H and O–H groups in total. The van der Waals surface area contributed by atoms with Gasteiger partial charge in [-0.1, -0.05) is 121 Å². The van der Waals surface area contributed by atoms with E-state index in [2.05, 4.69) is 155 Å². The summed E-state index contributed by atoms with van der Waals surface area (Å²) >= 11 is 0. The number of hydrogen-bond acceptors (Lipinski definition) is 4. The number of para-hydroxylation sites is 8. The van der Waals surface area contributed by atoms with Gasteiger partial charge in [-0.2, -0.15) is 0 Å². The zero-order chi connectivity index (χ0) is 35.6. The van der Waals surface area contributed by atoms with Crippen LogP contribution in [-0.4, -0.2) is 0 Å². The van der Waals surface area contributed by atoms with Crippen LogP contribution >= 0.6 is 0 Å². The predicted molar refractivity (Wildman–Crippen MR) is 222 cm³/mol. The molecule has 0 saturated carbocycles. The minimum atomic E-state index is 0.835. The monoisotopic (exact) mass is 692 g/mol. The van der Waals surface area contributed by atoms with Gasteiger partial charge in [0.25, 0.3) is 0 Å². The van der Waals surface area contributed by atoms with Crippen LogP contribution in [0.25, 0.3) is 43.8 Å². The van der Waals surface area contributed by atoms with Crippen molar-refractivity contribution in [2.75, 3.05) is 9.80 Å². The fraction of sp³-hybridized carbons (Fsp3) is 0. The maximum absolute atomic E-state index is 6.40. The average molecular weight is 693 g/mol. The van der Waals surface area contributed by atoms with Gasteiger partial charge in [0.2, 0.25) is 0 Å². The predicted octanol–water partition coefficient (Wildman–Crippen LogP) is 14.5. The first-order valence-corrected chi connectivity index (χ1v) is 18.3. The molecule has 11 rings (SSSR count). The quantitative estimate of drug-likeness (QED) is 0.171. The molecule has 2 aliphatic rings. The van der Waals surface area contributed by atoms with Crippen molar-refractivity contribution in [3.8, 4) is 45.3 Å². The number of rotatable bonds is 4. The molecule has 0 saturated heterocycles. The molecule has 254 valence electrons. The van der Waals surface area contributed by atoms with Gasteiger partial charge in [-0.3, -0.25) is 0 Å². The number of nitrogens with zero attached hydrogens (tertiary/aromatic N) is 2. The van der Waals surface area contributed by atoms with Gasteiger partial charge < -0.3 is 19.3 Å². The van der Waals surface area contributed by atoms with Crippen LogP contribution in [0.4, 0.5) is 34.1 Å². The van der Waals surface area contributed by atoms with Crippen LogP contribution in [0.2, 0.25) is 0 Å². The second kappa shape index (κ2) is 12.1. The Kier molecular flexibility index (Phi) is 6.82. The van der Waals surface area contributed by atoms with Crippen molar-refractivity contribution in [3.63, 3.8) is 0 Å². The summed E-state index contributed by atoms with van der Waals surface area (Å²) in [6.07, 6.45) is 0. The van der Waals surface area contributed by atoms with Gasteiger partial charge >= 0.3 is 0 Å². The first-order chi connectivity index (χ1) is 26.8. The largest absolute Gasteiger partial charge is 0.453 e. The normalized spacial score (nSPS) is 12.7. The highest BCUT2D eigenvalue weighted by Crippen LogP contribution is 2.54. The molecule has 0 amide bonds. The lowest BCUT2D eigenvalue weighted by atomic mass is 9.85. The van der Waals surface area contributed by atoms with Gasteiger partial charge in [0.1, 0.15) is 0 Å². The second-order valence-corrected chi connectivity index (χ2v) is 13.7. The Balaban J connectivity index is 1.22. The molecule has 4 nitrogen and oxygen atoms in total. The SMILES string of the molecule is c1ccc(-c2c3ccc(N4c5ccccc5Oc5ccccc54)cc3c(-c3ccccc3)c3ccc(N4c5ccccc5Oc5ccccc54)cc23)cc1. The lowest BCUT2D eigenvalue weighted by Gasteiger charge is -2.33. The number of fused-ring (bicyclic) bond motifs is 6. The molecular formula is C50H32N2O2. The van der Waals surface area contributed by atoms with E-state index < -0.39 is 0 Å². The first-order valence-electron chi connectivity index (χ1n) is 18.3. The van der Waals surface area contributed by atoms with Gasteiger partial charge in [0.15, 0.2) is 23.0 Å². The Labute approximate surface area is 313 Å². The van der Waals surface area contributed by atoms with Crippen LogP contribution in [0.1, 0.15) is 0 Å². The Morgan fingerprint density at radius 3 is 0.944 bits per heavy atom. The molecule has 54 heavy (non-hydrogen) atoms. The van der Waals surface area contributed by atoms with Crippen molar-refractivity contribution < 1.29 is 9.47 Å². The molecule has 0 spiro atoms. The summed E-state index contributed by atoms with van der Waals surface area (Å²) in [6, 6.07) is 68.6. The van der Waals surface area contributed by atoms with Crippen molar-refractivity contribution in [2.45, 2.75) is 0 Å². The highest BCUT2D eigenvalue weighted by molar-refractivity contribution is 6.22. The van der Waals surface area contributed by atoms with Crippen LogP contribution in [0.3, 0.4) is 0 Å². The van der Waals surface area contributed by atoms with E-state index >= 15 is 0 Å². The van der Waals surface area contributed by atoms with Crippen molar-refractivity contribution in [1.29, 1.82) is 0 Å². The fourth-order valence-corrected chi connectivity index (χ4v) is 8.28. The van der Waals surface area contributed by atoms with E-state index in [0.717, 1.165) is 57.1 Å². The summed E-state index contributed by atoms with van der Waals surface area (Å²) < 4.78 is 12.8. The summed E-state index contributed by atoms with van der Waals surface area (Å²) in [6.45, 7) is 0. The van der Waals surface area contributed by atoms with Gasteiger partial charge in [-0.25, -0.2) is 0 Å². The first kappa shape index (κ1) is 30.3. The Morgan fingerprint density at radius 1 is 0.278 bits per heavy atom. The number of ether oxygens (including phenoxy) is 2. The van der Waals surface area contributed by atoms with Crippen LogP contribution in [0, 0.1) is 0 Å². The van der Waals surface area contributed by atoms with Gasteiger partial charge in [-0.05, 0) is 117 Å². The summed E-state index contributed by atoms with van der Waals surface area (Å²) in [5, 5.41) is 4.74. The molecule has 2 aliphatic heterocycles. The molecule has 0 atom stereocenters. The fourth-order valence-electron chi connectivity index (χ4n) is 8.28. The Bertz CT molecular complexity index is 2610. The van der Waals surface area contributed by atoms with E-state index in [4.69, 9.17) is 9.47 Å². The van der Waals surface area contributed by atoms with Crippen molar-refractivity contribution in [3.05, 3.63) is 194 Å². The molecule has 0 radical (unpaired) electrons. The third-order valence-corrected chi connectivity index (χ3v) is 10.6. The van der Waals surface area contributed by atoms with E-state index in [0.29, 0.717) is 0 Å². The zero-order valence-electron chi connectivity index (χ0n) is 29.2. The van der Waals surface area contributed by atoms with Crippen LogP contribution in [0.5, 0.6) is 23.0 Å². The van der Waals surface area contributed by atoms with E-state index in [1.807, 2.05) is 48.5 Å². The summed E-state index contributed by atoms with van der Waals surface area (Å²) in [5.74, 6) is 3.34. The van der Waals surface area contributed by atoms with Crippen LogP contribution < -0.4 is 19.3 Å². The minimum Gasteiger partial charge on any atom is -0.453 e. The highest BCUT2D eigenvalue weighted by atomic mass is 16.5.